The summed E-state index contributed by atoms with van der Waals surface area (Å²) in [5.74, 6) is 0. The highest BCUT2D eigenvalue weighted by Crippen LogP contribution is 2.33. The molecule has 0 unspecified atom stereocenters. The van der Waals surface area contributed by atoms with Gasteiger partial charge in [0, 0.05) is 0 Å². The van der Waals surface area contributed by atoms with Gasteiger partial charge < -0.3 is 13.0 Å². The third-order valence-corrected chi connectivity index (χ3v) is 23.5. The predicted molar refractivity (Wildman–Crippen MR) is 223 cm³/mol. The van der Waals surface area contributed by atoms with E-state index in [0.717, 1.165) is 113 Å². The second-order valence-electron chi connectivity index (χ2n) is 14.3. The van der Waals surface area contributed by atoms with Crippen molar-refractivity contribution in [2.45, 2.75) is 155 Å². The molecule has 0 saturated carbocycles. The Morgan fingerprint density at radius 1 is 0.347 bits per heavy atom. The molecule has 0 fully saturated rings. The van der Waals surface area contributed by atoms with Crippen LogP contribution in [-0.4, -0.2) is 32.3 Å². The summed E-state index contributed by atoms with van der Waals surface area (Å²) in [6.45, 7) is 13.9. The highest BCUT2D eigenvalue weighted by molar-refractivity contribution is 6.96. The van der Waals surface area contributed by atoms with Crippen LogP contribution in [-0.2, 0) is 13.0 Å². The van der Waals surface area contributed by atoms with E-state index in [1.54, 1.807) is 0 Å². The average molecular weight is 717 g/mol. The zero-order valence-corrected chi connectivity index (χ0v) is 35.2. The minimum absolute atomic E-state index is 0.665. The Bertz CT molecular complexity index is 1070. The summed E-state index contributed by atoms with van der Waals surface area (Å²) in [4.78, 5) is 0. The van der Waals surface area contributed by atoms with Crippen LogP contribution in [0, 0.1) is 0 Å². The van der Waals surface area contributed by atoms with E-state index in [2.05, 4.69) is 133 Å². The minimum atomic E-state index is -2.51. The SMILES string of the molecule is CCCC[Si](CCCC)(OB(O[Si](CCCC)(CCCC)c1ccccc1)O[Si](CCCC)(CCCC)c1ccccc1)c1ccccc1. The predicted octanol–water partition coefficient (Wildman–Crippen LogP) is 11.4. The van der Waals surface area contributed by atoms with Crippen molar-refractivity contribution in [2.24, 2.45) is 0 Å². The van der Waals surface area contributed by atoms with Gasteiger partial charge in [-0.05, 0) is 51.8 Å². The van der Waals surface area contributed by atoms with E-state index in [9.17, 15) is 0 Å². The van der Waals surface area contributed by atoms with Gasteiger partial charge in [0.1, 0.15) is 0 Å². The van der Waals surface area contributed by atoms with Gasteiger partial charge in [-0.2, -0.15) is 0 Å². The van der Waals surface area contributed by atoms with Crippen molar-refractivity contribution >= 4 is 47.8 Å². The molecule has 3 aromatic carbocycles. The van der Waals surface area contributed by atoms with Gasteiger partial charge in [-0.3, -0.25) is 0 Å². The zero-order chi connectivity index (χ0) is 35.3. The first kappa shape index (κ1) is 41.7. The maximum absolute atomic E-state index is 7.87. The Hall–Kier alpha value is -1.74. The van der Waals surface area contributed by atoms with Crippen molar-refractivity contribution in [1.29, 1.82) is 0 Å². The molecular weight excluding hydrogens is 648 g/mol. The molecule has 3 nitrogen and oxygen atoms in total. The quantitative estimate of drug-likeness (QED) is 0.0735. The monoisotopic (exact) mass is 716 g/mol. The zero-order valence-electron chi connectivity index (χ0n) is 32.2. The van der Waals surface area contributed by atoms with E-state index in [1.165, 1.54) is 15.6 Å². The molecule has 270 valence electrons. The Labute approximate surface area is 305 Å². The molecule has 0 bridgehead atoms. The molecule has 0 aliphatic rings. The lowest BCUT2D eigenvalue weighted by molar-refractivity contribution is 0.291. The van der Waals surface area contributed by atoms with Crippen LogP contribution in [0.4, 0.5) is 0 Å². The standard InChI is InChI=1S/C42H69BO3Si3/c1-7-13-34-47(35-14-8-2,40-28-22-19-23-29-40)44-43(45-48(36-15-9-3,37-16-10-4)41-30-24-20-25-31-41)46-49(38-17-11-5,39-18-12-6)42-32-26-21-27-33-42/h19-33H,7-18,34-39H2,1-6H3. The molecule has 0 N–H and O–H groups in total. The van der Waals surface area contributed by atoms with E-state index in [1.807, 2.05) is 0 Å². The van der Waals surface area contributed by atoms with Crippen molar-refractivity contribution in [2.75, 3.05) is 0 Å². The summed E-state index contributed by atoms with van der Waals surface area (Å²) in [6.07, 6.45) is 14.0. The second kappa shape index (κ2) is 22.9. The lowest BCUT2D eigenvalue weighted by Crippen LogP contribution is -2.64. The largest absolute Gasteiger partial charge is 0.607 e. The molecule has 0 atom stereocenters. The van der Waals surface area contributed by atoms with Crippen LogP contribution in [0.2, 0.25) is 36.3 Å². The van der Waals surface area contributed by atoms with Crippen molar-refractivity contribution in [3.8, 4) is 0 Å². The number of hydrogen-bond acceptors (Lipinski definition) is 3. The molecule has 49 heavy (non-hydrogen) atoms. The fourth-order valence-corrected chi connectivity index (χ4v) is 20.7. The number of rotatable bonds is 27. The third-order valence-electron chi connectivity index (χ3n) is 10.5. The van der Waals surface area contributed by atoms with Gasteiger partial charge >= 0.3 is 7.32 Å². The molecule has 0 amide bonds. The van der Waals surface area contributed by atoms with Crippen LogP contribution < -0.4 is 15.6 Å². The Balaban J connectivity index is 2.30. The molecule has 0 aliphatic heterocycles. The highest BCUT2D eigenvalue weighted by Gasteiger charge is 2.50. The van der Waals surface area contributed by atoms with Gasteiger partial charge in [0.05, 0.1) is 0 Å². The normalized spacial score (nSPS) is 12.4. The van der Waals surface area contributed by atoms with Gasteiger partial charge in [-0.1, -0.05) is 210 Å². The summed E-state index contributed by atoms with van der Waals surface area (Å²) < 4.78 is 23.6. The van der Waals surface area contributed by atoms with E-state index in [4.69, 9.17) is 13.0 Å². The van der Waals surface area contributed by atoms with Crippen LogP contribution >= 0.6 is 0 Å². The number of unbranched alkanes of at least 4 members (excludes halogenated alkanes) is 6. The first-order valence-electron chi connectivity index (χ1n) is 20.2. The van der Waals surface area contributed by atoms with Crippen LogP contribution in [0.25, 0.3) is 0 Å². The van der Waals surface area contributed by atoms with E-state index in [-0.39, 0.29) is 0 Å². The fraction of sp³-hybridized carbons (Fsp3) is 0.571. The summed E-state index contributed by atoms with van der Waals surface area (Å²) in [6, 6.07) is 40.4. The molecule has 0 radical (unpaired) electrons. The second-order valence-corrected chi connectivity index (χ2v) is 25.7. The molecule has 7 heteroatoms. The Kier molecular flexibility index (Phi) is 19.5. The molecule has 0 spiro atoms. The van der Waals surface area contributed by atoms with E-state index >= 15 is 0 Å². The topological polar surface area (TPSA) is 27.7 Å². The van der Waals surface area contributed by atoms with Crippen molar-refractivity contribution in [3.63, 3.8) is 0 Å². The molecular formula is C42H69BO3Si3. The van der Waals surface area contributed by atoms with Crippen LogP contribution in [0.15, 0.2) is 91.0 Å². The molecule has 0 heterocycles. The van der Waals surface area contributed by atoms with Gasteiger partial charge in [-0.15, -0.1) is 0 Å². The molecule has 0 aliphatic carbocycles. The van der Waals surface area contributed by atoms with Gasteiger partial charge in [-0.25, -0.2) is 0 Å². The molecule has 0 saturated heterocycles. The first-order chi connectivity index (χ1) is 24.0. The fourth-order valence-electron chi connectivity index (χ4n) is 7.42. The Morgan fingerprint density at radius 2 is 0.551 bits per heavy atom. The van der Waals surface area contributed by atoms with E-state index < -0.39 is 32.3 Å². The summed E-state index contributed by atoms with van der Waals surface area (Å²) in [7, 11) is -8.19. The lowest BCUT2D eigenvalue weighted by atomic mass is 10.3. The average Bonchev–Trinajstić information content (AvgIpc) is 3.16. The van der Waals surface area contributed by atoms with Crippen molar-refractivity contribution < 1.29 is 13.0 Å². The number of benzene rings is 3. The first-order valence-corrected chi connectivity index (χ1v) is 27.1. The van der Waals surface area contributed by atoms with Crippen molar-refractivity contribution in [3.05, 3.63) is 91.0 Å². The third kappa shape index (κ3) is 12.5. The smallest absolute Gasteiger partial charge is 0.425 e. The van der Waals surface area contributed by atoms with Gasteiger partial charge in [0.2, 0.25) is 25.0 Å². The van der Waals surface area contributed by atoms with Gasteiger partial charge in [0.15, 0.2) is 0 Å². The highest BCUT2D eigenvalue weighted by atomic mass is 28.4. The van der Waals surface area contributed by atoms with Crippen LogP contribution in [0.5, 0.6) is 0 Å². The lowest BCUT2D eigenvalue weighted by Gasteiger charge is -2.43. The van der Waals surface area contributed by atoms with Crippen LogP contribution in [0.1, 0.15) is 119 Å². The van der Waals surface area contributed by atoms with Crippen molar-refractivity contribution in [1.82, 2.24) is 0 Å². The molecule has 3 aromatic rings. The molecule has 3 rings (SSSR count). The summed E-state index contributed by atoms with van der Waals surface area (Å²) in [5.41, 5.74) is 0. The number of hydrogen-bond donors (Lipinski definition) is 0. The Morgan fingerprint density at radius 3 is 0.735 bits per heavy atom. The van der Waals surface area contributed by atoms with Gasteiger partial charge in [0.25, 0.3) is 0 Å². The minimum Gasteiger partial charge on any atom is -0.425 e. The maximum Gasteiger partial charge on any atom is 0.607 e. The van der Waals surface area contributed by atoms with Crippen LogP contribution in [0.3, 0.4) is 0 Å². The molecule has 0 aromatic heterocycles. The maximum atomic E-state index is 7.87. The summed E-state index contributed by atoms with van der Waals surface area (Å²) >= 11 is 0. The summed E-state index contributed by atoms with van der Waals surface area (Å²) in [5, 5.41) is 4.20. The van der Waals surface area contributed by atoms with E-state index in [0.29, 0.717) is 0 Å².